The summed E-state index contributed by atoms with van der Waals surface area (Å²) in [7, 11) is 0. The van der Waals surface area contributed by atoms with Crippen LogP contribution in [0.5, 0.6) is 5.75 Å². The van der Waals surface area contributed by atoms with Crippen molar-refractivity contribution in [2.45, 2.75) is 53.2 Å². The van der Waals surface area contributed by atoms with Crippen molar-refractivity contribution in [3.8, 4) is 5.75 Å². The van der Waals surface area contributed by atoms with Crippen molar-refractivity contribution in [1.82, 2.24) is 5.32 Å². The van der Waals surface area contributed by atoms with Gasteiger partial charge >= 0.3 is 0 Å². The lowest BCUT2D eigenvalue weighted by atomic mass is 10.1. The Hall–Kier alpha value is -2.29. The van der Waals surface area contributed by atoms with Crippen LogP contribution in [0.3, 0.4) is 0 Å². The summed E-state index contributed by atoms with van der Waals surface area (Å²) >= 11 is 0. The molecule has 2 atom stereocenters. The van der Waals surface area contributed by atoms with E-state index in [4.69, 9.17) is 4.74 Å². The minimum Gasteiger partial charge on any atom is -0.480 e. The van der Waals surface area contributed by atoms with Gasteiger partial charge in [0.1, 0.15) is 5.75 Å². The molecule has 0 aliphatic heterocycles. The van der Waals surface area contributed by atoms with E-state index in [1.807, 2.05) is 52.0 Å². The van der Waals surface area contributed by atoms with Crippen LogP contribution in [0, 0.1) is 20.8 Å². The second-order valence-corrected chi connectivity index (χ2v) is 6.42. The summed E-state index contributed by atoms with van der Waals surface area (Å²) < 4.78 is 5.96. The molecule has 0 bridgehead atoms. The first-order valence-electron chi connectivity index (χ1n) is 8.51. The van der Waals surface area contributed by atoms with Crippen molar-refractivity contribution in [3.05, 3.63) is 64.7 Å². The number of hydrogen-bond donors (Lipinski definition) is 1. The maximum atomic E-state index is 12.6. The van der Waals surface area contributed by atoms with Gasteiger partial charge in [0.15, 0.2) is 6.10 Å². The SMILES string of the molecule is CC[C@@H](Oc1ccc(C)cc1C)C(=O)N[C@H](C)c1ccc(C)cc1. The van der Waals surface area contributed by atoms with Crippen LogP contribution in [0.15, 0.2) is 42.5 Å². The molecular weight excluding hydrogens is 298 g/mol. The van der Waals surface area contributed by atoms with Gasteiger partial charge in [-0.2, -0.15) is 0 Å². The summed E-state index contributed by atoms with van der Waals surface area (Å²) in [5.74, 6) is 0.691. The maximum Gasteiger partial charge on any atom is 0.261 e. The van der Waals surface area contributed by atoms with E-state index in [1.54, 1.807) is 0 Å². The van der Waals surface area contributed by atoms with Crippen LogP contribution < -0.4 is 10.1 Å². The average molecular weight is 325 g/mol. The fraction of sp³-hybridized carbons (Fsp3) is 0.381. The molecule has 0 aliphatic rings. The Balaban J connectivity index is 2.04. The molecule has 1 N–H and O–H groups in total. The van der Waals surface area contributed by atoms with Crippen molar-refractivity contribution in [2.75, 3.05) is 0 Å². The van der Waals surface area contributed by atoms with Crippen molar-refractivity contribution >= 4 is 5.91 Å². The summed E-state index contributed by atoms with van der Waals surface area (Å²) in [6.07, 6.45) is 0.138. The van der Waals surface area contributed by atoms with E-state index in [-0.39, 0.29) is 11.9 Å². The number of amides is 1. The van der Waals surface area contributed by atoms with Gasteiger partial charge in [-0.25, -0.2) is 0 Å². The van der Waals surface area contributed by atoms with Crippen LogP contribution in [0.4, 0.5) is 0 Å². The molecule has 1 amide bonds. The van der Waals surface area contributed by atoms with E-state index < -0.39 is 6.10 Å². The lowest BCUT2D eigenvalue weighted by molar-refractivity contribution is -0.128. The number of rotatable bonds is 6. The molecule has 3 heteroatoms. The Morgan fingerprint density at radius 1 is 1.04 bits per heavy atom. The molecule has 0 saturated heterocycles. The van der Waals surface area contributed by atoms with E-state index >= 15 is 0 Å². The number of benzene rings is 2. The van der Waals surface area contributed by atoms with Gasteiger partial charge in [-0.15, -0.1) is 0 Å². The first kappa shape index (κ1) is 18.1. The van der Waals surface area contributed by atoms with Crippen molar-refractivity contribution in [2.24, 2.45) is 0 Å². The molecule has 0 aliphatic carbocycles. The molecule has 2 aromatic carbocycles. The largest absolute Gasteiger partial charge is 0.480 e. The molecule has 0 spiro atoms. The van der Waals surface area contributed by atoms with Gasteiger partial charge < -0.3 is 10.1 Å². The number of aryl methyl sites for hydroxylation is 3. The Kier molecular flexibility index (Phi) is 6.02. The summed E-state index contributed by atoms with van der Waals surface area (Å²) in [6, 6.07) is 14.2. The highest BCUT2D eigenvalue weighted by Crippen LogP contribution is 2.21. The molecule has 0 radical (unpaired) electrons. The summed E-state index contributed by atoms with van der Waals surface area (Å²) in [5, 5.41) is 3.05. The molecule has 0 aromatic heterocycles. The third-order valence-electron chi connectivity index (χ3n) is 4.20. The highest BCUT2D eigenvalue weighted by Gasteiger charge is 2.21. The van der Waals surface area contributed by atoms with Crippen molar-refractivity contribution in [1.29, 1.82) is 0 Å². The van der Waals surface area contributed by atoms with Crippen LogP contribution in [0.25, 0.3) is 0 Å². The van der Waals surface area contributed by atoms with Crippen LogP contribution in [0.2, 0.25) is 0 Å². The standard InChI is InChI=1S/C21H27NO2/c1-6-19(24-20-12-9-15(3)13-16(20)4)21(23)22-17(5)18-10-7-14(2)8-11-18/h7-13,17,19H,6H2,1-5H3,(H,22,23)/t17-,19-/m1/s1. The lowest BCUT2D eigenvalue weighted by Gasteiger charge is -2.22. The van der Waals surface area contributed by atoms with Gasteiger partial charge in [0.2, 0.25) is 0 Å². The van der Waals surface area contributed by atoms with Gasteiger partial charge in [-0.1, -0.05) is 54.4 Å². The molecule has 0 heterocycles. The Labute approximate surface area is 145 Å². The van der Waals surface area contributed by atoms with Gasteiger partial charge in [0, 0.05) is 0 Å². The highest BCUT2D eigenvalue weighted by molar-refractivity contribution is 5.81. The normalized spacial score (nSPS) is 13.2. The van der Waals surface area contributed by atoms with Crippen LogP contribution >= 0.6 is 0 Å². The number of ether oxygens (including phenoxy) is 1. The Morgan fingerprint density at radius 2 is 1.67 bits per heavy atom. The molecule has 2 aromatic rings. The first-order chi connectivity index (χ1) is 11.4. The first-order valence-corrected chi connectivity index (χ1v) is 8.51. The zero-order valence-corrected chi connectivity index (χ0v) is 15.2. The second-order valence-electron chi connectivity index (χ2n) is 6.42. The molecule has 0 saturated carbocycles. The molecule has 128 valence electrons. The average Bonchev–Trinajstić information content (AvgIpc) is 2.54. The zero-order chi connectivity index (χ0) is 17.7. The molecule has 0 unspecified atom stereocenters. The number of hydrogen-bond acceptors (Lipinski definition) is 2. The smallest absolute Gasteiger partial charge is 0.261 e. The Morgan fingerprint density at radius 3 is 2.25 bits per heavy atom. The quantitative estimate of drug-likeness (QED) is 0.840. The molecular formula is C21H27NO2. The summed E-state index contributed by atoms with van der Waals surface area (Å²) in [4.78, 5) is 12.6. The number of carbonyl (C=O) groups excluding carboxylic acids is 1. The van der Waals surface area contributed by atoms with E-state index in [9.17, 15) is 4.79 Å². The fourth-order valence-electron chi connectivity index (χ4n) is 2.65. The number of nitrogens with one attached hydrogen (secondary N) is 1. The van der Waals surface area contributed by atoms with Gasteiger partial charge in [0.05, 0.1) is 6.04 Å². The highest BCUT2D eigenvalue weighted by atomic mass is 16.5. The van der Waals surface area contributed by atoms with E-state index in [1.165, 1.54) is 11.1 Å². The molecule has 24 heavy (non-hydrogen) atoms. The number of carbonyl (C=O) groups is 1. The molecule has 3 nitrogen and oxygen atoms in total. The van der Waals surface area contributed by atoms with Gasteiger partial charge in [-0.05, 0) is 51.3 Å². The topological polar surface area (TPSA) is 38.3 Å². The van der Waals surface area contributed by atoms with Crippen molar-refractivity contribution < 1.29 is 9.53 Å². The monoisotopic (exact) mass is 325 g/mol. The minimum atomic E-state index is -0.487. The van der Waals surface area contributed by atoms with Crippen LogP contribution in [-0.2, 0) is 4.79 Å². The molecule has 2 rings (SSSR count). The van der Waals surface area contributed by atoms with Gasteiger partial charge in [0.25, 0.3) is 5.91 Å². The second kappa shape index (κ2) is 8.00. The van der Waals surface area contributed by atoms with Crippen LogP contribution in [0.1, 0.15) is 48.6 Å². The summed E-state index contributed by atoms with van der Waals surface area (Å²) in [6.45, 7) is 10.1. The third kappa shape index (κ3) is 4.60. The van der Waals surface area contributed by atoms with Crippen LogP contribution in [-0.4, -0.2) is 12.0 Å². The van der Waals surface area contributed by atoms with E-state index in [2.05, 4.69) is 30.4 Å². The van der Waals surface area contributed by atoms with E-state index in [0.29, 0.717) is 6.42 Å². The Bertz CT molecular complexity index is 691. The van der Waals surface area contributed by atoms with Crippen molar-refractivity contribution in [3.63, 3.8) is 0 Å². The summed E-state index contributed by atoms with van der Waals surface area (Å²) in [5.41, 5.74) is 4.54. The lowest BCUT2D eigenvalue weighted by Crippen LogP contribution is -2.39. The fourth-order valence-corrected chi connectivity index (χ4v) is 2.65. The zero-order valence-electron chi connectivity index (χ0n) is 15.2. The molecule has 0 fully saturated rings. The predicted molar refractivity (Wildman–Crippen MR) is 98.4 cm³/mol. The van der Waals surface area contributed by atoms with E-state index in [0.717, 1.165) is 16.9 Å². The van der Waals surface area contributed by atoms with Gasteiger partial charge in [-0.3, -0.25) is 4.79 Å². The maximum absolute atomic E-state index is 12.6. The minimum absolute atomic E-state index is 0.0464. The third-order valence-corrected chi connectivity index (χ3v) is 4.20. The predicted octanol–water partition coefficient (Wildman–Crippen LogP) is 4.65.